The summed E-state index contributed by atoms with van der Waals surface area (Å²) >= 11 is 3.58. The topological polar surface area (TPSA) is 30.9 Å². The van der Waals surface area contributed by atoms with Crippen LogP contribution in [0, 0.1) is 5.92 Å². The first-order valence-electron chi connectivity index (χ1n) is 9.64. The standard InChI is InChI=1S/C22H26BrNO3/c1-25-20-12-18(11-19(23)14-20)10-17-5-8-24(9-6-17)7-4-16-2-3-21-22(13-16)27-15-26-21/h2-3,11-14,17H,4-10,15H2,1H3. The number of benzene rings is 2. The number of ether oxygens (including phenoxy) is 3. The number of likely N-dealkylation sites (tertiary alicyclic amines) is 1. The van der Waals surface area contributed by atoms with Crippen LogP contribution in [0.2, 0.25) is 0 Å². The quantitative estimate of drug-likeness (QED) is 0.663. The van der Waals surface area contributed by atoms with E-state index in [1.807, 2.05) is 12.1 Å². The lowest BCUT2D eigenvalue weighted by atomic mass is 9.90. The number of piperidine rings is 1. The van der Waals surface area contributed by atoms with Crippen LogP contribution in [0.5, 0.6) is 17.2 Å². The molecular weight excluding hydrogens is 406 g/mol. The lowest BCUT2D eigenvalue weighted by Crippen LogP contribution is -2.35. The van der Waals surface area contributed by atoms with Gasteiger partial charge in [-0.2, -0.15) is 0 Å². The highest BCUT2D eigenvalue weighted by Gasteiger charge is 2.20. The molecule has 0 unspecified atom stereocenters. The van der Waals surface area contributed by atoms with Crippen LogP contribution in [0.1, 0.15) is 24.0 Å². The van der Waals surface area contributed by atoms with Gasteiger partial charge in [0.1, 0.15) is 5.75 Å². The van der Waals surface area contributed by atoms with Crippen LogP contribution >= 0.6 is 15.9 Å². The molecule has 2 aliphatic rings. The van der Waals surface area contributed by atoms with Crippen molar-refractivity contribution in [2.24, 2.45) is 5.92 Å². The van der Waals surface area contributed by atoms with Crippen molar-refractivity contribution in [3.05, 3.63) is 52.0 Å². The Morgan fingerprint density at radius 2 is 1.85 bits per heavy atom. The molecule has 0 spiro atoms. The first-order valence-corrected chi connectivity index (χ1v) is 10.4. The zero-order chi connectivity index (χ0) is 18.6. The fraction of sp³-hybridized carbons (Fsp3) is 0.455. The molecule has 0 aliphatic carbocycles. The second-order valence-corrected chi connectivity index (χ2v) is 8.34. The van der Waals surface area contributed by atoms with Gasteiger partial charge < -0.3 is 19.1 Å². The summed E-state index contributed by atoms with van der Waals surface area (Å²) in [6.07, 6.45) is 4.71. The van der Waals surface area contributed by atoms with Crippen molar-refractivity contribution in [2.45, 2.75) is 25.7 Å². The number of methoxy groups -OCH3 is 1. The normalized spacial score (nSPS) is 17.3. The summed E-state index contributed by atoms with van der Waals surface area (Å²) in [6, 6.07) is 12.7. The van der Waals surface area contributed by atoms with Crippen molar-refractivity contribution in [1.82, 2.24) is 4.90 Å². The summed E-state index contributed by atoms with van der Waals surface area (Å²) in [5.74, 6) is 3.44. The van der Waals surface area contributed by atoms with Gasteiger partial charge in [-0.25, -0.2) is 0 Å². The molecule has 0 amide bonds. The molecule has 2 heterocycles. The first kappa shape index (κ1) is 18.6. The van der Waals surface area contributed by atoms with E-state index in [4.69, 9.17) is 14.2 Å². The molecule has 4 rings (SSSR count). The Hall–Kier alpha value is -1.72. The third-order valence-corrected chi connectivity index (χ3v) is 6.01. The highest BCUT2D eigenvalue weighted by Crippen LogP contribution is 2.33. The Labute approximate surface area is 169 Å². The molecule has 2 aromatic carbocycles. The average molecular weight is 432 g/mol. The maximum absolute atomic E-state index is 5.48. The van der Waals surface area contributed by atoms with E-state index in [-0.39, 0.29) is 0 Å². The summed E-state index contributed by atoms with van der Waals surface area (Å²) in [6.45, 7) is 3.81. The fourth-order valence-corrected chi connectivity index (χ4v) is 4.51. The summed E-state index contributed by atoms with van der Waals surface area (Å²) in [7, 11) is 1.73. The van der Waals surface area contributed by atoms with Crippen LogP contribution < -0.4 is 14.2 Å². The van der Waals surface area contributed by atoms with Crippen molar-refractivity contribution in [3.63, 3.8) is 0 Å². The Morgan fingerprint density at radius 1 is 1.04 bits per heavy atom. The number of hydrogen-bond donors (Lipinski definition) is 0. The summed E-state index contributed by atoms with van der Waals surface area (Å²) in [4.78, 5) is 2.59. The molecule has 0 saturated carbocycles. The van der Waals surface area contributed by atoms with E-state index in [0.29, 0.717) is 6.79 Å². The van der Waals surface area contributed by atoms with Crippen LogP contribution in [0.15, 0.2) is 40.9 Å². The van der Waals surface area contributed by atoms with Gasteiger partial charge in [-0.3, -0.25) is 0 Å². The van der Waals surface area contributed by atoms with Crippen molar-refractivity contribution < 1.29 is 14.2 Å². The van der Waals surface area contributed by atoms with Crippen LogP contribution in [-0.4, -0.2) is 38.4 Å². The summed E-state index contributed by atoms with van der Waals surface area (Å²) < 4.78 is 17.3. The molecule has 2 aliphatic heterocycles. The minimum atomic E-state index is 0.343. The molecule has 27 heavy (non-hydrogen) atoms. The predicted octanol–water partition coefficient (Wildman–Crippen LogP) is 4.68. The van der Waals surface area contributed by atoms with Gasteiger partial charge in [0.05, 0.1) is 7.11 Å². The summed E-state index contributed by atoms with van der Waals surface area (Å²) in [5.41, 5.74) is 2.68. The maximum Gasteiger partial charge on any atom is 0.231 e. The first-order chi connectivity index (χ1) is 13.2. The van der Waals surface area contributed by atoms with E-state index >= 15 is 0 Å². The van der Waals surface area contributed by atoms with Gasteiger partial charge in [0, 0.05) is 11.0 Å². The number of nitrogens with zero attached hydrogens (tertiary/aromatic N) is 1. The maximum atomic E-state index is 5.48. The average Bonchev–Trinajstić information content (AvgIpc) is 3.15. The van der Waals surface area contributed by atoms with Crippen molar-refractivity contribution in [1.29, 1.82) is 0 Å². The Bertz CT molecular complexity index is 787. The monoisotopic (exact) mass is 431 g/mol. The van der Waals surface area contributed by atoms with Gasteiger partial charge in [-0.05, 0) is 86.1 Å². The molecular formula is C22H26BrNO3. The Kier molecular flexibility index (Phi) is 5.89. The highest BCUT2D eigenvalue weighted by atomic mass is 79.9. The lowest BCUT2D eigenvalue weighted by molar-refractivity contribution is 0.174. The summed E-state index contributed by atoms with van der Waals surface area (Å²) in [5, 5.41) is 0. The second kappa shape index (κ2) is 8.53. The van der Waals surface area contributed by atoms with Crippen LogP contribution in [0.3, 0.4) is 0 Å². The Balaban J connectivity index is 1.25. The van der Waals surface area contributed by atoms with Gasteiger partial charge in [0.2, 0.25) is 6.79 Å². The van der Waals surface area contributed by atoms with E-state index in [2.05, 4.69) is 45.1 Å². The van der Waals surface area contributed by atoms with Gasteiger partial charge in [0.25, 0.3) is 0 Å². The van der Waals surface area contributed by atoms with Crippen molar-refractivity contribution in [3.8, 4) is 17.2 Å². The molecule has 0 radical (unpaired) electrons. The molecule has 0 atom stereocenters. The smallest absolute Gasteiger partial charge is 0.231 e. The number of fused-ring (bicyclic) bond motifs is 1. The van der Waals surface area contributed by atoms with Gasteiger partial charge in [-0.15, -0.1) is 0 Å². The highest BCUT2D eigenvalue weighted by molar-refractivity contribution is 9.10. The van der Waals surface area contributed by atoms with Crippen LogP contribution in [0.4, 0.5) is 0 Å². The van der Waals surface area contributed by atoms with Crippen molar-refractivity contribution >= 4 is 15.9 Å². The lowest BCUT2D eigenvalue weighted by Gasteiger charge is -2.32. The van der Waals surface area contributed by atoms with E-state index in [1.54, 1.807) is 7.11 Å². The van der Waals surface area contributed by atoms with E-state index < -0.39 is 0 Å². The minimum Gasteiger partial charge on any atom is -0.497 e. The SMILES string of the molecule is COc1cc(Br)cc(CC2CCN(CCc3ccc4c(c3)OCO4)CC2)c1. The zero-order valence-electron chi connectivity index (χ0n) is 15.7. The van der Waals surface area contributed by atoms with E-state index in [1.165, 1.54) is 37.1 Å². The van der Waals surface area contributed by atoms with Crippen molar-refractivity contribution in [2.75, 3.05) is 33.5 Å². The third kappa shape index (κ3) is 4.77. The fourth-order valence-electron chi connectivity index (χ4n) is 3.99. The van der Waals surface area contributed by atoms with Gasteiger partial charge in [-0.1, -0.05) is 22.0 Å². The zero-order valence-corrected chi connectivity index (χ0v) is 17.3. The molecule has 1 saturated heterocycles. The molecule has 0 bridgehead atoms. The van der Waals surface area contributed by atoms with E-state index in [0.717, 1.165) is 47.0 Å². The van der Waals surface area contributed by atoms with Gasteiger partial charge >= 0.3 is 0 Å². The third-order valence-electron chi connectivity index (χ3n) is 5.55. The number of halogens is 1. The van der Waals surface area contributed by atoms with Crippen LogP contribution in [0.25, 0.3) is 0 Å². The molecule has 144 valence electrons. The molecule has 0 N–H and O–H groups in total. The van der Waals surface area contributed by atoms with Crippen LogP contribution in [-0.2, 0) is 12.8 Å². The molecule has 1 fully saturated rings. The largest absolute Gasteiger partial charge is 0.497 e. The van der Waals surface area contributed by atoms with E-state index in [9.17, 15) is 0 Å². The number of hydrogen-bond acceptors (Lipinski definition) is 4. The number of rotatable bonds is 6. The predicted molar refractivity (Wildman–Crippen MR) is 110 cm³/mol. The molecule has 4 nitrogen and oxygen atoms in total. The minimum absolute atomic E-state index is 0.343. The second-order valence-electron chi connectivity index (χ2n) is 7.43. The van der Waals surface area contributed by atoms with Gasteiger partial charge in [0.15, 0.2) is 11.5 Å². The Morgan fingerprint density at radius 3 is 2.67 bits per heavy atom. The molecule has 0 aromatic heterocycles. The molecule has 2 aromatic rings. The molecule has 5 heteroatoms.